The maximum absolute atomic E-state index is 12.7. The average Bonchev–Trinajstić information content (AvgIpc) is 3.20. The van der Waals surface area contributed by atoms with E-state index in [-0.39, 0.29) is 12.5 Å². The van der Waals surface area contributed by atoms with Crippen LogP contribution in [-0.2, 0) is 14.8 Å². The van der Waals surface area contributed by atoms with E-state index in [9.17, 15) is 13.2 Å². The first-order chi connectivity index (χ1) is 12.5. The van der Waals surface area contributed by atoms with Crippen molar-refractivity contribution in [3.63, 3.8) is 0 Å². The molecule has 0 aromatic heterocycles. The van der Waals surface area contributed by atoms with Gasteiger partial charge in [0, 0.05) is 12.5 Å². The van der Waals surface area contributed by atoms with Gasteiger partial charge >= 0.3 is 5.97 Å². The van der Waals surface area contributed by atoms with E-state index in [4.69, 9.17) is 5.11 Å². The largest absolute Gasteiger partial charge is 0.481 e. The van der Waals surface area contributed by atoms with Crippen molar-refractivity contribution in [2.45, 2.75) is 55.9 Å². The molecule has 4 unspecified atom stereocenters. The predicted octanol–water partition coefficient (Wildman–Crippen LogP) is 3.58. The number of aliphatic carboxylic acids is 1. The fourth-order valence-electron chi connectivity index (χ4n) is 4.52. The molecule has 26 heavy (non-hydrogen) atoms. The highest BCUT2D eigenvalue weighted by Crippen LogP contribution is 2.50. The van der Waals surface area contributed by atoms with Crippen LogP contribution in [0.2, 0.25) is 0 Å². The Bertz CT molecular complexity index is 744. The van der Waals surface area contributed by atoms with E-state index in [1.165, 1.54) is 6.42 Å². The van der Waals surface area contributed by atoms with Crippen molar-refractivity contribution in [1.82, 2.24) is 4.72 Å². The molecule has 5 nitrogen and oxygen atoms in total. The summed E-state index contributed by atoms with van der Waals surface area (Å²) in [7, 11) is -3.49. The number of hydrogen-bond acceptors (Lipinski definition) is 3. The van der Waals surface area contributed by atoms with Crippen LogP contribution in [0, 0.1) is 17.8 Å². The van der Waals surface area contributed by atoms with Gasteiger partial charge in [0.2, 0.25) is 10.0 Å². The Morgan fingerprint density at radius 3 is 2.62 bits per heavy atom. The van der Waals surface area contributed by atoms with Crippen LogP contribution in [0.4, 0.5) is 0 Å². The first-order valence-electron chi connectivity index (χ1n) is 9.41. The van der Waals surface area contributed by atoms with Gasteiger partial charge in [-0.2, -0.15) is 0 Å². The van der Waals surface area contributed by atoms with E-state index in [1.54, 1.807) is 24.3 Å². The van der Waals surface area contributed by atoms with Gasteiger partial charge in [-0.05, 0) is 68.4 Å². The molecule has 2 aliphatic rings. The van der Waals surface area contributed by atoms with Crippen LogP contribution in [0.25, 0.3) is 0 Å². The number of benzene rings is 1. The molecule has 0 amide bonds. The van der Waals surface area contributed by atoms with Crippen LogP contribution < -0.4 is 4.72 Å². The topological polar surface area (TPSA) is 83.5 Å². The lowest BCUT2D eigenvalue weighted by Gasteiger charge is -2.31. The summed E-state index contributed by atoms with van der Waals surface area (Å²) in [5.74, 6) is 0.598. The quantitative estimate of drug-likeness (QED) is 0.509. The van der Waals surface area contributed by atoms with Crippen molar-refractivity contribution >= 4 is 16.0 Å². The average molecular weight is 378 g/mol. The number of carbonyl (C=O) groups is 1. The van der Waals surface area contributed by atoms with Gasteiger partial charge in [0.25, 0.3) is 0 Å². The Morgan fingerprint density at radius 2 is 1.88 bits per heavy atom. The predicted molar refractivity (Wildman–Crippen MR) is 100 cm³/mol. The molecule has 0 saturated heterocycles. The third-order valence-electron chi connectivity index (χ3n) is 5.77. The molecule has 6 heteroatoms. The molecule has 0 radical (unpaired) electrons. The molecule has 1 aromatic carbocycles. The molecular weight excluding hydrogens is 350 g/mol. The summed E-state index contributed by atoms with van der Waals surface area (Å²) >= 11 is 0. The van der Waals surface area contributed by atoms with Gasteiger partial charge in [-0.1, -0.05) is 30.4 Å². The molecule has 142 valence electrons. The summed E-state index contributed by atoms with van der Waals surface area (Å²) in [5.41, 5.74) is 0. The van der Waals surface area contributed by atoms with Crippen molar-refractivity contribution in [1.29, 1.82) is 0 Å². The monoisotopic (exact) mass is 377 g/mol. The lowest BCUT2D eigenvalue weighted by atomic mass is 9.83. The second-order valence-electron chi connectivity index (χ2n) is 7.45. The van der Waals surface area contributed by atoms with Crippen molar-refractivity contribution < 1.29 is 18.3 Å². The van der Waals surface area contributed by atoms with Gasteiger partial charge in [-0.15, -0.1) is 0 Å². The van der Waals surface area contributed by atoms with Gasteiger partial charge < -0.3 is 5.11 Å². The molecular formula is C20H27NO4S. The van der Waals surface area contributed by atoms with Gasteiger partial charge in [-0.25, -0.2) is 13.1 Å². The maximum Gasteiger partial charge on any atom is 0.303 e. The minimum atomic E-state index is -3.49. The first kappa shape index (κ1) is 19.1. The summed E-state index contributed by atoms with van der Waals surface area (Å²) in [4.78, 5) is 10.9. The molecule has 0 spiro atoms. The lowest BCUT2D eigenvalue weighted by molar-refractivity contribution is -0.137. The summed E-state index contributed by atoms with van der Waals surface area (Å²) < 4.78 is 28.4. The molecule has 2 bridgehead atoms. The zero-order valence-corrected chi connectivity index (χ0v) is 15.7. The Morgan fingerprint density at radius 1 is 1.15 bits per heavy atom. The second-order valence-corrected chi connectivity index (χ2v) is 9.16. The van der Waals surface area contributed by atoms with E-state index >= 15 is 0 Å². The number of fused-ring (bicyclic) bond motifs is 2. The van der Waals surface area contributed by atoms with Gasteiger partial charge in [0.1, 0.15) is 0 Å². The molecule has 2 N–H and O–H groups in total. The molecule has 0 heterocycles. The minimum absolute atomic E-state index is 0.00243. The van der Waals surface area contributed by atoms with E-state index in [2.05, 4.69) is 10.8 Å². The number of rotatable bonds is 9. The zero-order chi connectivity index (χ0) is 18.6. The number of nitrogens with one attached hydrogen (secondary N) is 1. The summed E-state index contributed by atoms with van der Waals surface area (Å²) in [6, 6.07) is 8.57. The zero-order valence-electron chi connectivity index (χ0n) is 14.9. The second kappa shape index (κ2) is 8.35. The molecule has 2 saturated carbocycles. The van der Waals surface area contributed by atoms with Crippen molar-refractivity contribution in [2.75, 3.05) is 0 Å². The Balaban J connectivity index is 1.60. The Hall–Kier alpha value is -1.66. The fraction of sp³-hybridized carbons (Fsp3) is 0.550. The van der Waals surface area contributed by atoms with Crippen LogP contribution in [0.5, 0.6) is 0 Å². The summed E-state index contributed by atoms with van der Waals surface area (Å²) in [6.45, 7) is 0. The molecule has 2 fully saturated rings. The number of allylic oxidation sites excluding steroid dienone is 2. The summed E-state index contributed by atoms with van der Waals surface area (Å²) in [5, 5.41) is 8.66. The van der Waals surface area contributed by atoms with Crippen LogP contribution in [-0.4, -0.2) is 25.5 Å². The number of carboxylic acids is 1. The first-order valence-corrected chi connectivity index (χ1v) is 10.9. The normalized spacial score (nSPS) is 28.0. The molecule has 2 aliphatic carbocycles. The van der Waals surface area contributed by atoms with E-state index in [0.717, 1.165) is 25.7 Å². The number of unbranched alkanes of at least 4 members (excludes halogenated alkanes) is 1. The summed E-state index contributed by atoms with van der Waals surface area (Å²) in [6.07, 6.45) is 10.00. The van der Waals surface area contributed by atoms with E-state index in [0.29, 0.717) is 29.1 Å². The van der Waals surface area contributed by atoms with Crippen molar-refractivity contribution in [3.05, 3.63) is 42.5 Å². The van der Waals surface area contributed by atoms with Gasteiger partial charge in [0.05, 0.1) is 4.90 Å². The Kier molecular flexibility index (Phi) is 6.14. The number of sulfonamides is 1. The highest BCUT2D eigenvalue weighted by molar-refractivity contribution is 7.89. The highest BCUT2D eigenvalue weighted by atomic mass is 32.2. The van der Waals surface area contributed by atoms with Crippen molar-refractivity contribution in [3.8, 4) is 0 Å². The lowest BCUT2D eigenvalue weighted by Crippen LogP contribution is -2.43. The van der Waals surface area contributed by atoms with Gasteiger partial charge in [0.15, 0.2) is 0 Å². The third kappa shape index (κ3) is 4.54. The van der Waals surface area contributed by atoms with Crippen LogP contribution in [0.3, 0.4) is 0 Å². The maximum atomic E-state index is 12.7. The van der Waals surface area contributed by atoms with Crippen LogP contribution in [0.1, 0.15) is 44.9 Å². The van der Waals surface area contributed by atoms with Crippen LogP contribution >= 0.6 is 0 Å². The molecule has 0 aliphatic heterocycles. The van der Waals surface area contributed by atoms with Crippen LogP contribution in [0.15, 0.2) is 47.4 Å². The third-order valence-corrected chi connectivity index (χ3v) is 7.24. The Labute approximate surface area is 155 Å². The SMILES string of the molecule is O=C(O)CCC/C=C/CC1C2CCC(C2)C1NS(=O)(=O)c1ccccc1. The minimum Gasteiger partial charge on any atom is -0.481 e. The fourth-order valence-corrected chi connectivity index (χ4v) is 5.90. The van der Waals surface area contributed by atoms with E-state index < -0.39 is 16.0 Å². The molecule has 3 rings (SSSR count). The standard InChI is InChI=1S/C20H27NO4S/c22-19(23)11-7-2-1-6-10-18-15-12-13-16(14-15)20(18)21-26(24,25)17-8-4-3-5-9-17/h1,3-6,8-9,15-16,18,20-21H,2,7,10-14H2,(H,22,23)/b6-1+. The van der Waals surface area contributed by atoms with E-state index in [1.807, 2.05) is 12.1 Å². The van der Waals surface area contributed by atoms with Gasteiger partial charge in [-0.3, -0.25) is 4.79 Å². The number of hydrogen-bond donors (Lipinski definition) is 2. The molecule has 4 atom stereocenters. The highest BCUT2D eigenvalue weighted by Gasteiger charge is 2.48. The molecule has 1 aromatic rings. The van der Waals surface area contributed by atoms with Crippen molar-refractivity contribution in [2.24, 2.45) is 17.8 Å². The smallest absolute Gasteiger partial charge is 0.303 e. The number of carboxylic acid groups (broad SMARTS) is 1.